The van der Waals surface area contributed by atoms with E-state index in [1.807, 2.05) is 0 Å². The summed E-state index contributed by atoms with van der Waals surface area (Å²) in [6, 6.07) is 0.0828. The molecule has 1 aliphatic rings. The Morgan fingerprint density at radius 2 is 2.15 bits per heavy atom. The van der Waals surface area contributed by atoms with E-state index >= 15 is 0 Å². The number of nitrogens with zero attached hydrogens (tertiary/aromatic N) is 2. The molecule has 1 aliphatic heterocycles. The maximum Gasteiger partial charge on any atom is 0.285 e. The molecule has 0 aromatic carbocycles. The number of rotatable bonds is 4. The van der Waals surface area contributed by atoms with Crippen molar-refractivity contribution in [3.63, 3.8) is 0 Å². The maximum atomic E-state index is 11.7. The summed E-state index contributed by atoms with van der Waals surface area (Å²) >= 11 is 5.88. The molecule has 7 nitrogen and oxygen atoms in total. The normalized spacial score (nSPS) is 18.1. The van der Waals surface area contributed by atoms with Gasteiger partial charge in [0.2, 0.25) is 10.0 Å². The van der Waals surface area contributed by atoms with Crippen LogP contribution in [-0.2, 0) is 10.0 Å². The van der Waals surface area contributed by atoms with Crippen LogP contribution >= 0.6 is 11.6 Å². The lowest BCUT2D eigenvalue weighted by Crippen LogP contribution is -2.43. The molecule has 0 amide bonds. The minimum atomic E-state index is -3.12. The molecule has 1 aromatic rings. The molecule has 1 aromatic heterocycles. The van der Waals surface area contributed by atoms with E-state index in [-0.39, 0.29) is 16.8 Å². The van der Waals surface area contributed by atoms with Crippen molar-refractivity contribution in [2.75, 3.05) is 24.2 Å². The van der Waals surface area contributed by atoms with Crippen LogP contribution in [0, 0.1) is 0 Å². The van der Waals surface area contributed by atoms with Crippen LogP contribution in [0.4, 0.5) is 5.69 Å². The van der Waals surface area contributed by atoms with Crippen molar-refractivity contribution in [1.82, 2.24) is 14.5 Å². The molecule has 0 radical (unpaired) electrons. The monoisotopic (exact) mass is 320 g/mol. The van der Waals surface area contributed by atoms with Crippen LogP contribution in [0.1, 0.15) is 19.8 Å². The molecule has 0 spiro atoms. The highest BCUT2D eigenvalue weighted by atomic mass is 35.5. The minimum absolute atomic E-state index is 0.0728. The molecule has 2 rings (SSSR count). The third-order valence-corrected chi connectivity index (χ3v) is 5.62. The van der Waals surface area contributed by atoms with Crippen LogP contribution < -0.4 is 10.9 Å². The number of aromatic amines is 1. The van der Waals surface area contributed by atoms with Crippen molar-refractivity contribution in [2.45, 2.75) is 25.8 Å². The Hall–Kier alpha value is -1.12. The topological polar surface area (TPSA) is 95.2 Å². The first kappa shape index (κ1) is 15.3. The Balaban J connectivity index is 1.98. The van der Waals surface area contributed by atoms with Gasteiger partial charge in [0.1, 0.15) is 5.02 Å². The molecule has 1 saturated heterocycles. The maximum absolute atomic E-state index is 11.7. The summed E-state index contributed by atoms with van der Waals surface area (Å²) < 4.78 is 25.0. The van der Waals surface area contributed by atoms with Gasteiger partial charge < -0.3 is 5.32 Å². The van der Waals surface area contributed by atoms with Crippen LogP contribution in [0.2, 0.25) is 5.02 Å². The predicted molar refractivity (Wildman–Crippen MR) is 77.5 cm³/mol. The summed E-state index contributed by atoms with van der Waals surface area (Å²) in [6.07, 6.45) is 2.80. The standard InChI is InChI=1S/C11H17ClN4O3S/c1-2-20(18,19)16-5-3-8(4-6-16)14-9-7-13-15-11(17)10(9)12/h7-8H,2-6H2,1H3,(H2,14,15,17). The van der Waals surface area contributed by atoms with Crippen molar-refractivity contribution < 1.29 is 8.42 Å². The van der Waals surface area contributed by atoms with Crippen molar-refractivity contribution in [3.8, 4) is 0 Å². The first-order valence-electron chi connectivity index (χ1n) is 6.41. The number of hydrogen-bond acceptors (Lipinski definition) is 5. The molecule has 0 bridgehead atoms. The van der Waals surface area contributed by atoms with E-state index in [1.165, 1.54) is 10.5 Å². The fourth-order valence-corrected chi connectivity index (χ4v) is 3.44. The average molecular weight is 321 g/mol. The third-order valence-electron chi connectivity index (χ3n) is 3.37. The molecule has 0 unspecified atom stereocenters. The molecule has 2 heterocycles. The minimum Gasteiger partial charge on any atom is -0.380 e. The van der Waals surface area contributed by atoms with E-state index < -0.39 is 15.6 Å². The van der Waals surface area contributed by atoms with Gasteiger partial charge in [-0.25, -0.2) is 17.8 Å². The first-order valence-corrected chi connectivity index (χ1v) is 8.40. The zero-order valence-corrected chi connectivity index (χ0v) is 12.7. The van der Waals surface area contributed by atoms with Gasteiger partial charge >= 0.3 is 0 Å². The van der Waals surface area contributed by atoms with Crippen LogP contribution in [-0.4, -0.2) is 47.8 Å². The Morgan fingerprint density at radius 3 is 2.75 bits per heavy atom. The number of hydrogen-bond donors (Lipinski definition) is 2. The molecule has 112 valence electrons. The second kappa shape index (κ2) is 6.11. The van der Waals surface area contributed by atoms with Gasteiger partial charge in [-0.2, -0.15) is 5.10 Å². The molecule has 2 N–H and O–H groups in total. The second-order valence-corrected chi connectivity index (χ2v) is 7.28. The summed E-state index contributed by atoms with van der Waals surface area (Å²) in [4.78, 5) is 11.3. The predicted octanol–water partition coefficient (Wildman–Crippen LogP) is 0.649. The summed E-state index contributed by atoms with van der Waals surface area (Å²) in [6.45, 7) is 2.59. The van der Waals surface area contributed by atoms with Gasteiger partial charge in [0, 0.05) is 19.1 Å². The van der Waals surface area contributed by atoms with Gasteiger partial charge in [-0.15, -0.1) is 0 Å². The van der Waals surface area contributed by atoms with Crippen molar-refractivity contribution >= 4 is 27.3 Å². The zero-order chi connectivity index (χ0) is 14.8. The Labute approximate surface area is 122 Å². The highest BCUT2D eigenvalue weighted by Gasteiger charge is 2.26. The number of sulfonamides is 1. The van der Waals surface area contributed by atoms with Gasteiger partial charge in [0.15, 0.2) is 0 Å². The molecular weight excluding hydrogens is 304 g/mol. The number of halogens is 1. The lowest BCUT2D eigenvalue weighted by Gasteiger charge is -2.31. The van der Waals surface area contributed by atoms with Crippen LogP contribution in [0.3, 0.4) is 0 Å². The summed E-state index contributed by atoms with van der Waals surface area (Å²) in [5.41, 5.74) is 0.0369. The van der Waals surface area contributed by atoms with Gasteiger partial charge in [-0.05, 0) is 19.8 Å². The van der Waals surface area contributed by atoms with Crippen LogP contribution in [0.15, 0.2) is 11.0 Å². The summed E-state index contributed by atoms with van der Waals surface area (Å²) in [7, 11) is -3.12. The number of aromatic nitrogens is 2. The van der Waals surface area contributed by atoms with Crippen LogP contribution in [0.5, 0.6) is 0 Å². The van der Waals surface area contributed by atoms with Crippen LogP contribution in [0.25, 0.3) is 0 Å². The van der Waals surface area contributed by atoms with Gasteiger partial charge in [-0.3, -0.25) is 4.79 Å². The highest BCUT2D eigenvalue weighted by Crippen LogP contribution is 2.21. The van der Waals surface area contributed by atoms with Gasteiger partial charge in [0.25, 0.3) is 5.56 Å². The molecule has 0 atom stereocenters. The van der Waals surface area contributed by atoms with E-state index in [2.05, 4.69) is 15.5 Å². The summed E-state index contributed by atoms with van der Waals surface area (Å²) in [5.74, 6) is 0.120. The summed E-state index contributed by atoms with van der Waals surface area (Å²) in [5, 5.41) is 9.15. The van der Waals surface area contributed by atoms with Crippen molar-refractivity contribution in [1.29, 1.82) is 0 Å². The van der Waals surface area contributed by atoms with E-state index in [9.17, 15) is 13.2 Å². The SMILES string of the molecule is CCS(=O)(=O)N1CCC(Nc2cn[nH]c(=O)c2Cl)CC1. The fraction of sp³-hybridized carbons (Fsp3) is 0.636. The highest BCUT2D eigenvalue weighted by molar-refractivity contribution is 7.89. The number of anilines is 1. The number of piperidine rings is 1. The fourth-order valence-electron chi connectivity index (χ4n) is 2.16. The molecular formula is C11H17ClN4O3S. The van der Waals surface area contributed by atoms with E-state index in [1.54, 1.807) is 6.92 Å². The van der Waals surface area contributed by atoms with Gasteiger partial charge in [0.05, 0.1) is 17.6 Å². The quantitative estimate of drug-likeness (QED) is 0.849. The van der Waals surface area contributed by atoms with Crippen molar-refractivity contribution in [3.05, 3.63) is 21.6 Å². The number of H-pyrrole nitrogens is 1. The van der Waals surface area contributed by atoms with E-state index in [0.29, 0.717) is 31.6 Å². The Morgan fingerprint density at radius 1 is 1.50 bits per heavy atom. The largest absolute Gasteiger partial charge is 0.380 e. The second-order valence-electron chi connectivity index (χ2n) is 4.65. The smallest absolute Gasteiger partial charge is 0.285 e. The molecule has 1 fully saturated rings. The molecule has 9 heteroatoms. The Kier molecular flexibility index (Phi) is 4.66. The lowest BCUT2D eigenvalue weighted by atomic mass is 10.1. The number of nitrogens with one attached hydrogen (secondary N) is 2. The first-order chi connectivity index (χ1) is 9.44. The molecule has 0 saturated carbocycles. The molecule has 20 heavy (non-hydrogen) atoms. The van der Waals surface area contributed by atoms with E-state index in [4.69, 9.17) is 11.6 Å². The Bertz CT molecular complexity index is 623. The molecule has 0 aliphatic carbocycles. The average Bonchev–Trinajstić information content (AvgIpc) is 2.44. The lowest BCUT2D eigenvalue weighted by molar-refractivity contribution is 0.330. The van der Waals surface area contributed by atoms with Gasteiger partial charge in [-0.1, -0.05) is 11.6 Å². The zero-order valence-electron chi connectivity index (χ0n) is 11.1. The van der Waals surface area contributed by atoms with E-state index in [0.717, 1.165) is 0 Å². The van der Waals surface area contributed by atoms with Crippen molar-refractivity contribution in [2.24, 2.45) is 0 Å². The third kappa shape index (κ3) is 3.31.